The highest BCUT2D eigenvalue weighted by atomic mass is 16.5. The third-order valence-electron chi connectivity index (χ3n) is 3.96. The molecule has 142 valence electrons. The van der Waals surface area contributed by atoms with Crippen molar-refractivity contribution >= 4 is 17.6 Å². The van der Waals surface area contributed by atoms with Crippen LogP contribution in [0.2, 0.25) is 0 Å². The Morgan fingerprint density at radius 1 is 1.07 bits per heavy atom. The van der Waals surface area contributed by atoms with E-state index in [1.807, 2.05) is 36.4 Å². The Kier molecular flexibility index (Phi) is 6.51. The van der Waals surface area contributed by atoms with E-state index in [4.69, 9.17) is 15.2 Å². The molecule has 3 rings (SSSR count). The number of guanidine groups is 1. The Bertz CT molecular complexity index is 793. The Morgan fingerprint density at radius 2 is 1.85 bits per heavy atom. The predicted molar refractivity (Wildman–Crippen MR) is 106 cm³/mol. The number of fused-ring (bicyclic) bond motifs is 1. The number of hydrogen-bond acceptors (Lipinski definition) is 4. The van der Waals surface area contributed by atoms with E-state index in [0.29, 0.717) is 50.0 Å². The van der Waals surface area contributed by atoms with E-state index in [1.165, 1.54) is 0 Å². The summed E-state index contributed by atoms with van der Waals surface area (Å²) in [6.07, 6.45) is 1.56. The fourth-order valence-electron chi connectivity index (χ4n) is 2.60. The maximum Gasteiger partial charge on any atom is 0.251 e. The Hall–Kier alpha value is -3.22. The van der Waals surface area contributed by atoms with Crippen molar-refractivity contribution in [2.75, 3.05) is 31.6 Å². The van der Waals surface area contributed by atoms with Crippen LogP contribution >= 0.6 is 0 Å². The number of nitrogens with zero attached hydrogens (tertiary/aromatic N) is 1. The van der Waals surface area contributed by atoms with Gasteiger partial charge in [-0.3, -0.25) is 9.79 Å². The molecule has 1 amide bonds. The number of nitrogens with one attached hydrogen (secondary N) is 2. The van der Waals surface area contributed by atoms with Gasteiger partial charge in [0.15, 0.2) is 17.5 Å². The molecule has 0 unspecified atom stereocenters. The van der Waals surface area contributed by atoms with E-state index < -0.39 is 0 Å². The van der Waals surface area contributed by atoms with Gasteiger partial charge in [0.25, 0.3) is 5.91 Å². The molecule has 0 saturated heterocycles. The van der Waals surface area contributed by atoms with Crippen LogP contribution in [0.3, 0.4) is 0 Å². The van der Waals surface area contributed by atoms with E-state index >= 15 is 0 Å². The first-order chi connectivity index (χ1) is 13.2. The standard InChI is InChI=1S/C20H24N4O3/c21-20(23-11-4-10-22-19(25)15-6-2-1-3-7-15)24-16-8-9-17-18(14-16)27-13-5-12-26-17/h1-3,6-9,14H,4-5,10-13H2,(H,22,25)(H3,21,23,24). The first kappa shape index (κ1) is 18.6. The quantitative estimate of drug-likeness (QED) is 0.413. The molecule has 1 aliphatic rings. The van der Waals surface area contributed by atoms with Crippen LogP contribution in [-0.2, 0) is 0 Å². The minimum Gasteiger partial charge on any atom is -0.490 e. The average Bonchev–Trinajstić information content (AvgIpc) is 2.93. The molecule has 0 fully saturated rings. The van der Waals surface area contributed by atoms with Gasteiger partial charge in [0.05, 0.1) is 13.2 Å². The summed E-state index contributed by atoms with van der Waals surface area (Å²) in [4.78, 5) is 16.2. The lowest BCUT2D eigenvalue weighted by Crippen LogP contribution is -2.26. The number of amides is 1. The molecule has 0 bridgehead atoms. The number of benzene rings is 2. The molecule has 1 aliphatic heterocycles. The fraction of sp³-hybridized carbons (Fsp3) is 0.300. The Balaban J connectivity index is 1.42. The molecule has 7 heteroatoms. The maximum atomic E-state index is 11.9. The number of carbonyl (C=O) groups excluding carboxylic acids is 1. The van der Waals surface area contributed by atoms with Crippen molar-refractivity contribution in [1.29, 1.82) is 0 Å². The summed E-state index contributed by atoms with van der Waals surface area (Å²) in [5.74, 6) is 1.67. The third kappa shape index (κ3) is 5.64. The minimum atomic E-state index is -0.0853. The first-order valence-electron chi connectivity index (χ1n) is 9.02. The molecule has 7 nitrogen and oxygen atoms in total. The molecule has 27 heavy (non-hydrogen) atoms. The number of nitrogens with two attached hydrogens (primary N) is 1. The summed E-state index contributed by atoms with van der Waals surface area (Å²) in [5, 5.41) is 5.91. The highest BCUT2D eigenvalue weighted by Gasteiger charge is 2.10. The van der Waals surface area contributed by atoms with Crippen LogP contribution in [0.15, 0.2) is 53.5 Å². The van der Waals surface area contributed by atoms with Gasteiger partial charge in [0, 0.05) is 36.8 Å². The van der Waals surface area contributed by atoms with E-state index in [1.54, 1.807) is 12.1 Å². The lowest BCUT2D eigenvalue weighted by molar-refractivity contribution is 0.0953. The van der Waals surface area contributed by atoms with Gasteiger partial charge < -0.3 is 25.8 Å². The van der Waals surface area contributed by atoms with Crippen LogP contribution in [0.5, 0.6) is 11.5 Å². The topological polar surface area (TPSA) is 98.0 Å². The van der Waals surface area contributed by atoms with Gasteiger partial charge >= 0.3 is 0 Å². The fourth-order valence-corrected chi connectivity index (χ4v) is 2.60. The first-order valence-corrected chi connectivity index (χ1v) is 9.02. The zero-order chi connectivity index (χ0) is 18.9. The van der Waals surface area contributed by atoms with Crippen molar-refractivity contribution in [3.8, 4) is 11.5 Å². The van der Waals surface area contributed by atoms with Crippen LogP contribution in [-0.4, -0.2) is 38.2 Å². The summed E-state index contributed by atoms with van der Waals surface area (Å²) in [6, 6.07) is 14.7. The van der Waals surface area contributed by atoms with Crippen LogP contribution < -0.4 is 25.8 Å². The number of ether oxygens (including phenoxy) is 2. The van der Waals surface area contributed by atoms with Crippen molar-refractivity contribution in [1.82, 2.24) is 5.32 Å². The molecule has 0 saturated carbocycles. The average molecular weight is 368 g/mol. The second-order valence-corrected chi connectivity index (χ2v) is 6.08. The summed E-state index contributed by atoms with van der Waals surface area (Å²) in [7, 11) is 0. The largest absolute Gasteiger partial charge is 0.490 e. The zero-order valence-electron chi connectivity index (χ0n) is 15.1. The molecule has 0 spiro atoms. The molecule has 0 aliphatic carbocycles. The summed E-state index contributed by atoms with van der Waals surface area (Å²) >= 11 is 0. The monoisotopic (exact) mass is 368 g/mol. The summed E-state index contributed by atoms with van der Waals surface area (Å²) in [5.41, 5.74) is 7.36. The van der Waals surface area contributed by atoms with Gasteiger partial charge in [0.2, 0.25) is 0 Å². The smallest absolute Gasteiger partial charge is 0.251 e. The lowest BCUT2D eigenvalue weighted by atomic mass is 10.2. The van der Waals surface area contributed by atoms with Crippen molar-refractivity contribution in [3.05, 3.63) is 54.1 Å². The number of hydrogen-bond donors (Lipinski definition) is 3. The van der Waals surface area contributed by atoms with Crippen LogP contribution in [0.4, 0.5) is 5.69 Å². The molecular formula is C20H24N4O3. The van der Waals surface area contributed by atoms with Crippen molar-refractivity contribution in [3.63, 3.8) is 0 Å². The highest BCUT2D eigenvalue weighted by molar-refractivity contribution is 5.94. The van der Waals surface area contributed by atoms with Crippen molar-refractivity contribution in [2.24, 2.45) is 10.7 Å². The Morgan fingerprint density at radius 3 is 2.67 bits per heavy atom. The van der Waals surface area contributed by atoms with E-state index in [2.05, 4.69) is 15.6 Å². The second kappa shape index (κ2) is 9.47. The van der Waals surface area contributed by atoms with E-state index in [9.17, 15) is 4.79 Å². The lowest BCUT2D eigenvalue weighted by Gasteiger charge is -2.10. The van der Waals surface area contributed by atoms with E-state index in [-0.39, 0.29) is 5.91 Å². The van der Waals surface area contributed by atoms with Gasteiger partial charge in [-0.1, -0.05) is 18.2 Å². The minimum absolute atomic E-state index is 0.0853. The number of rotatable bonds is 6. The zero-order valence-corrected chi connectivity index (χ0v) is 15.1. The van der Waals surface area contributed by atoms with Crippen molar-refractivity contribution in [2.45, 2.75) is 12.8 Å². The molecule has 1 heterocycles. The summed E-state index contributed by atoms with van der Waals surface area (Å²) < 4.78 is 11.3. The van der Waals surface area contributed by atoms with Crippen LogP contribution in [0.1, 0.15) is 23.2 Å². The van der Waals surface area contributed by atoms with Gasteiger partial charge in [-0.25, -0.2) is 0 Å². The van der Waals surface area contributed by atoms with Crippen LogP contribution in [0.25, 0.3) is 0 Å². The molecule has 2 aromatic carbocycles. The van der Waals surface area contributed by atoms with Gasteiger partial charge in [0.1, 0.15) is 0 Å². The second-order valence-electron chi connectivity index (χ2n) is 6.08. The van der Waals surface area contributed by atoms with Crippen LogP contribution in [0, 0.1) is 0 Å². The Labute approximate surface area is 158 Å². The molecule has 0 atom stereocenters. The molecular weight excluding hydrogens is 344 g/mol. The normalized spacial score (nSPS) is 13.6. The number of aliphatic imine (C=N–C) groups is 1. The van der Waals surface area contributed by atoms with Crippen molar-refractivity contribution < 1.29 is 14.3 Å². The molecule has 2 aromatic rings. The number of anilines is 1. The predicted octanol–water partition coefficient (Wildman–Crippen LogP) is 2.39. The van der Waals surface area contributed by atoms with Gasteiger partial charge in [-0.15, -0.1) is 0 Å². The summed E-state index contributed by atoms with van der Waals surface area (Å²) in [6.45, 7) is 2.34. The molecule has 4 N–H and O–H groups in total. The SMILES string of the molecule is NC(=NCCCNC(=O)c1ccccc1)Nc1ccc2c(c1)OCCCO2. The van der Waals surface area contributed by atoms with E-state index in [0.717, 1.165) is 17.9 Å². The van der Waals surface area contributed by atoms with Gasteiger partial charge in [-0.2, -0.15) is 0 Å². The molecule has 0 aromatic heterocycles. The molecule has 0 radical (unpaired) electrons. The van der Waals surface area contributed by atoms with Gasteiger partial charge in [-0.05, 0) is 30.7 Å². The highest BCUT2D eigenvalue weighted by Crippen LogP contribution is 2.32. The number of carbonyl (C=O) groups is 1. The third-order valence-corrected chi connectivity index (χ3v) is 3.96. The maximum absolute atomic E-state index is 11.9.